The van der Waals surface area contributed by atoms with Crippen molar-refractivity contribution in [2.45, 2.75) is 64.3 Å². The van der Waals surface area contributed by atoms with Crippen LogP contribution in [0, 0.1) is 0 Å². The highest BCUT2D eigenvalue weighted by molar-refractivity contribution is 5.86. The molecule has 0 spiro atoms. The Morgan fingerprint density at radius 1 is 0.897 bits per heavy atom. The van der Waals surface area contributed by atoms with Gasteiger partial charge in [-0.2, -0.15) is 0 Å². The largest absolute Gasteiger partial charge is 0.478 e. The summed E-state index contributed by atoms with van der Waals surface area (Å²) >= 11 is 0. The Balaban J connectivity index is 1.99. The molecule has 0 aliphatic heterocycles. The molecule has 10 heteroatoms. The molecule has 0 radical (unpaired) electrons. The lowest BCUT2D eigenvalue weighted by atomic mass is 10.0. The van der Waals surface area contributed by atoms with Crippen molar-refractivity contribution in [1.29, 1.82) is 0 Å². The first kappa shape index (κ1) is 30.9. The van der Waals surface area contributed by atoms with Gasteiger partial charge < -0.3 is 30.5 Å². The van der Waals surface area contributed by atoms with Gasteiger partial charge in [0.25, 0.3) is 0 Å². The van der Waals surface area contributed by atoms with Gasteiger partial charge in [-0.3, -0.25) is 4.79 Å². The van der Waals surface area contributed by atoms with E-state index in [4.69, 9.17) is 14.6 Å². The Morgan fingerprint density at radius 2 is 1.51 bits per heavy atom. The fourth-order valence-electron chi connectivity index (χ4n) is 3.51. The molecule has 0 aliphatic carbocycles. The van der Waals surface area contributed by atoms with E-state index in [1.807, 2.05) is 60.7 Å². The Kier molecular flexibility index (Phi) is 12.5. The first-order valence-electron chi connectivity index (χ1n) is 12.7. The molecular weight excluding hydrogens is 502 g/mol. The predicted octanol–water partition coefficient (Wildman–Crippen LogP) is 3.95. The van der Waals surface area contributed by atoms with Crippen LogP contribution in [0.4, 0.5) is 9.59 Å². The van der Waals surface area contributed by atoms with Crippen LogP contribution in [0.3, 0.4) is 0 Å². The third-order valence-corrected chi connectivity index (χ3v) is 5.26. The van der Waals surface area contributed by atoms with E-state index < -0.39 is 41.7 Å². The maximum atomic E-state index is 13.2. The summed E-state index contributed by atoms with van der Waals surface area (Å²) in [6, 6.07) is 16.9. The summed E-state index contributed by atoms with van der Waals surface area (Å²) in [5, 5.41) is 17.1. The van der Waals surface area contributed by atoms with Crippen LogP contribution < -0.4 is 16.0 Å². The van der Waals surface area contributed by atoms with Gasteiger partial charge in [-0.1, -0.05) is 66.7 Å². The van der Waals surface area contributed by atoms with E-state index in [0.717, 1.165) is 17.2 Å². The van der Waals surface area contributed by atoms with Gasteiger partial charge in [-0.05, 0) is 51.2 Å². The third kappa shape index (κ3) is 13.7. The minimum Gasteiger partial charge on any atom is -0.478 e. The van der Waals surface area contributed by atoms with Gasteiger partial charge in [0, 0.05) is 12.6 Å². The number of amides is 3. The molecule has 0 saturated carbocycles. The Bertz CT molecular complexity index is 1100. The van der Waals surface area contributed by atoms with Crippen molar-refractivity contribution in [3.8, 4) is 0 Å². The minimum atomic E-state index is -1.14. The zero-order valence-electron chi connectivity index (χ0n) is 22.5. The molecule has 2 aromatic carbocycles. The number of nitrogens with one attached hydrogen (secondary N) is 3. The minimum absolute atomic E-state index is 0.130. The summed E-state index contributed by atoms with van der Waals surface area (Å²) in [7, 11) is 0. The van der Waals surface area contributed by atoms with Crippen molar-refractivity contribution in [3.63, 3.8) is 0 Å². The predicted molar refractivity (Wildman–Crippen MR) is 146 cm³/mol. The van der Waals surface area contributed by atoms with E-state index in [0.29, 0.717) is 12.8 Å². The smallest absolute Gasteiger partial charge is 0.408 e. The maximum Gasteiger partial charge on any atom is 0.408 e. The number of hydrogen-bond acceptors (Lipinski definition) is 6. The van der Waals surface area contributed by atoms with Crippen LogP contribution >= 0.6 is 0 Å². The molecule has 0 heterocycles. The van der Waals surface area contributed by atoms with Crippen molar-refractivity contribution < 1.29 is 33.8 Å². The van der Waals surface area contributed by atoms with Crippen LogP contribution in [-0.2, 0) is 32.1 Å². The molecular formula is C29H37N3O7. The second-order valence-corrected chi connectivity index (χ2v) is 9.83. The molecule has 0 saturated heterocycles. The van der Waals surface area contributed by atoms with Gasteiger partial charge in [-0.15, -0.1) is 0 Å². The van der Waals surface area contributed by atoms with Gasteiger partial charge in [0.2, 0.25) is 5.91 Å². The number of carboxylic acids is 1. The average Bonchev–Trinajstić information content (AvgIpc) is 2.88. The van der Waals surface area contributed by atoms with Gasteiger partial charge in [0.15, 0.2) is 0 Å². The maximum absolute atomic E-state index is 13.2. The SMILES string of the molecule is CC(C)(C)OC(=O)NC(CCCNC(=O)OCc1ccccc1)C(=O)NC(/C=C/C(=O)O)Cc1ccccc1. The highest BCUT2D eigenvalue weighted by atomic mass is 16.6. The zero-order valence-corrected chi connectivity index (χ0v) is 22.5. The molecule has 3 amide bonds. The van der Waals surface area contributed by atoms with Gasteiger partial charge in [0.05, 0.1) is 6.04 Å². The van der Waals surface area contributed by atoms with Crippen LogP contribution in [-0.4, -0.2) is 53.4 Å². The standard InChI is InChI=1S/C29H37N3O7/c1-29(2,3)39-28(37)32-24(15-10-18-30-27(36)38-20-22-13-8-5-9-14-22)26(35)31-23(16-17-25(33)34)19-21-11-6-4-7-12-21/h4-9,11-14,16-17,23-24H,10,15,18-20H2,1-3H3,(H,30,36)(H,31,35)(H,32,37)(H,33,34)/b17-16+. The van der Waals surface area contributed by atoms with E-state index in [1.54, 1.807) is 20.8 Å². The van der Waals surface area contributed by atoms with E-state index in [2.05, 4.69) is 16.0 Å². The number of carbonyl (C=O) groups excluding carboxylic acids is 3. The second-order valence-electron chi connectivity index (χ2n) is 9.83. The number of aliphatic carboxylic acids is 1. The lowest BCUT2D eigenvalue weighted by Crippen LogP contribution is -2.51. The monoisotopic (exact) mass is 539 g/mol. The summed E-state index contributed by atoms with van der Waals surface area (Å²) in [4.78, 5) is 48.7. The summed E-state index contributed by atoms with van der Waals surface area (Å²) in [5.74, 6) is -1.65. The van der Waals surface area contributed by atoms with Gasteiger partial charge in [0.1, 0.15) is 18.2 Å². The molecule has 0 aromatic heterocycles. The molecule has 10 nitrogen and oxygen atoms in total. The van der Waals surface area contributed by atoms with E-state index in [1.165, 1.54) is 6.08 Å². The number of alkyl carbamates (subject to hydrolysis) is 2. The number of benzene rings is 2. The molecule has 0 aliphatic rings. The lowest BCUT2D eigenvalue weighted by Gasteiger charge is -2.25. The van der Waals surface area contributed by atoms with E-state index in [-0.39, 0.29) is 19.6 Å². The summed E-state index contributed by atoms with van der Waals surface area (Å²) in [5.41, 5.74) is 0.982. The summed E-state index contributed by atoms with van der Waals surface area (Å²) in [6.45, 7) is 5.46. The normalized spacial score (nSPS) is 12.7. The number of hydrogen-bond donors (Lipinski definition) is 4. The van der Waals surface area contributed by atoms with Crippen molar-refractivity contribution >= 4 is 24.1 Å². The molecule has 2 unspecified atom stereocenters. The van der Waals surface area contributed by atoms with Crippen molar-refractivity contribution in [2.24, 2.45) is 0 Å². The molecule has 210 valence electrons. The molecule has 2 rings (SSSR count). The molecule has 0 bridgehead atoms. The topological polar surface area (TPSA) is 143 Å². The summed E-state index contributed by atoms with van der Waals surface area (Å²) < 4.78 is 10.5. The van der Waals surface area contributed by atoms with E-state index >= 15 is 0 Å². The van der Waals surface area contributed by atoms with Crippen LogP contribution in [0.2, 0.25) is 0 Å². The molecule has 2 atom stereocenters. The average molecular weight is 540 g/mol. The fourth-order valence-corrected chi connectivity index (χ4v) is 3.51. The van der Waals surface area contributed by atoms with Gasteiger partial charge >= 0.3 is 18.2 Å². The highest BCUT2D eigenvalue weighted by Crippen LogP contribution is 2.09. The van der Waals surface area contributed by atoms with Crippen molar-refractivity contribution in [3.05, 3.63) is 83.9 Å². The number of ether oxygens (including phenoxy) is 2. The zero-order chi connectivity index (χ0) is 28.7. The molecule has 4 N–H and O–H groups in total. The quantitative estimate of drug-likeness (QED) is 0.223. The first-order valence-corrected chi connectivity index (χ1v) is 12.7. The first-order chi connectivity index (χ1) is 18.5. The van der Waals surface area contributed by atoms with Crippen LogP contribution in [0.5, 0.6) is 0 Å². The Labute approximate surface area is 228 Å². The van der Waals surface area contributed by atoms with Crippen molar-refractivity contribution in [1.82, 2.24) is 16.0 Å². The lowest BCUT2D eigenvalue weighted by molar-refractivity contribution is -0.131. The molecule has 2 aromatic rings. The third-order valence-electron chi connectivity index (χ3n) is 5.26. The Morgan fingerprint density at radius 3 is 2.10 bits per heavy atom. The van der Waals surface area contributed by atoms with Crippen molar-refractivity contribution in [2.75, 3.05) is 6.54 Å². The van der Waals surface area contributed by atoms with Crippen LogP contribution in [0.1, 0.15) is 44.7 Å². The summed E-state index contributed by atoms with van der Waals surface area (Å²) in [6.07, 6.45) is 1.88. The van der Waals surface area contributed by atoms with Crippen LogP contribution in [0.15, 0.2) is 72.8 Å². The fraction of sp³-hybridized carbons (Fsp3) is 0.379. The Hall–Kier alpha value is -4.34. The van der Waals surface area contributed by atoms with E-state index in [9.17, 15) is 19.2 Å². The highest BCUT2D eigenvalue weighted by Gasteiger charge is 2.25. The molecule has 39 heavy (non-hydrogen) atoms. The second kappa shape index (κ2) is 15.8. The number of carbonyl (C=O) groups is 4. The van der Waals surface area contributed by atoms with Crippen LogP contribution in [0.25, 0.3) is 0 Å². The number of rotatable bonds is 13. The molecule has 0 fully saturated rings. The number of carboxylic acid groups (broad SMARTS) is 1. The van der Waals surface area contributed by atoms with Gasteiger partial charge in [-0.25, -0.2) is 14.4 Å².